The van der Waals surface area contributed by atoms with Gasteiger partial charge in [-0.1, -0.05) is 30.3 Å². The topological polar surface area (TPSA) is 36.4 Å². The molecule has 2 heterocycles. The summed E-state index contributed by atoms with van der Waals surface area (Å²) in [4.78, 5) is 21.3. The molecular weight excluding hydrogens is 346 g/mol. The summed E-state index contributed by atoms with van der Waals surface area (Å²) in [7, 11) is 1.95. The van der Waals surface area contributed by atoms with Crippen molar-refractivity contribution in [3.63, 3.8) is 0 Å². The molecule has 0 aliphatic carbocycles. The van der Waals surface area contributed by atoms with Crippen LogP contribution in [-0.2, 0) is 17.6 Å². The number of rotatable bonds is 8. The molecule has 0 saturated carbocycles. The van der Waals surface area contributed by atoms with Crippen LogP contribution in [-0.4, -0.2) is 53.9 Å². The molecule has 150 valence electrons. The quantitative estimate of drug-likeness (QED) is 0.701. The van der Waals surface area contributed by atoms with E-state index in [1.807, 2.05) is 30.1 Å². The third-order valence-electron chi connectivity index (χ3n) is 5.84. The van der Waals surface area contributed by atoms with E-state index in [-0.39, 0.29) is 5.91 Å². The molecule has 1 fully saturated rings. The molecule has 4 nitrogen and oxygen atoms in total. The molecule has 0 N–H and O–H groups in total. The molecule has 1 saturated heterocycles. The molecule has 1 aliphatic rings. The molecule has 1 aromatic carbocycles. The molecule has 1 aliphatic heterocycles. The van der Waals surface area contributed by atoms with Gasteiger partial charge in [0.25, 0.3) is 0 Å². The monoisotopic (exact) mass is 379 g/mol. The van der Waals surface area contributed by atoms with Crippen molar-refractivity contribution in [1.29, 1.82) is 0 Å². The van der Waals surface area contributed by atoms with Crippen LogP contribution in [0.2, 0.25) is 0 Å². The number of nitrogens with zero attached hydrogens (tertiary/aromatic N) is 3. The second-order valence-corrected chi connectivity index (χ2v) is 8.08. The van der Waals surface area contributed by atoms with Gasteiger partial charge in [-0.25, -0.2) is 0 Å². The third kappa shape index (κ3) is 6.16. The van der Waals surface area contributed by atoms with Crippen molar-refractivity contribution in [2.75, 3.05) is 33.2 Å². The lowest BCUT2D eigenvalue weighted by molar-refractivity contribution is -0.130. The number of benzene rings is 1. The average molecular weight is 380 g/mol. The fraction of sp³-hybridized carbons (Fsp3) is 0.500. The minimum absolute atomic E-state index is 0.225. The minimum atomic E-state index is 0.225. The highest BCUT2D eigenvalue weighted by molar-refractivity contribution is 5.76. The van der Waals surface area contributed by atoms with Crippen LogP contribution in [0.4, 0.5) is 0 Å². The first kappa shape index (κ1) is 20.5. The van der Waals surface area contributed by atoms with Crippen LogP contribution in [0.5, 0.6) is 0 Å². The summed E-state index contributed by atoms with van der Waals surface area (Å²) in [5, 5.41) is 0. The average Bonchev–Trinajstić information content (AvgIpc) is 2.72. The molecular formula is C24H33N3O. The first-order valence-electron chi connectivity index (χ1n) is 10.5. The highest BCUT2D eigenvalue weighted by Gasteiger charge is 2.22. The predicted molar refractivity (Wildman–Crippen MR) is 114 cm³/mol. The van der Waals surface area contributed by atoms with Crippen molar-refractivity contribution in [3.05, 3.63) is 65.5 Å². The van der Waals surface area contributed by atoms with Crippen molar-refractivity contribution < 1.29 is 4.79 Å². The molecule has 3 rings (SSSR count). The zero-order valence-corrected chi connectivity index (χ0v) is 17.3. The number of pyridine rings is 1. The second kappa shape index (κ2) is 10.4. The van der Waals surface area contributed by atoms with Gasteiger partial charge in [0.05, 0.1) is 0 Å². The smallest absolute Gasteiger partial charge is 0.222 e. The Balaban J connectivity index is 1.42. The summed E-state index contributed by atoms with van der Waals surface area (Å²) in [6.07, 6.45) is 6.61. The van der Waals surface area contributed by atoms with Crippen molar-refractivity contribution in [3.8, 4) is 0 Å². The lowest BCUT2D eigenvalue weighted by atomic mass is 9.96. The summed E-state index contributed by atoms with van der Waals surface area (Å²) in [6.45, 7) is 6.45. The molecule has 1 amide bonds. The Hall–Kier alpha value is -2.20. The number of aromatic nitrogens is 1. The number of aryl methyl sites for hydroxylation is 2. The Morgan fingerprint density at radius 3 is 2.79 bits per heavy atom. The van der Waals surface area contributed by atoms with E-state index in [4.69, 9.17) is 0 Å². The molecule has 1 atom stereocenters. The minimum Gasteiger partial charge on any atom is -0.345 e. The van der Waals surface area contributed by atoms with E-state index in [1.165, 1.54) is 30.5 Å². The van der Waals surface area contributed by atoms with Crippen molar-refractivity contribution in [1.82, 2.24) is 14.8 Å². The fourth-order valence-corrected chi connectivity index (χ4v) is 4.13. The largest absolute Gasteiger partial charge is 0.345 e. The highest BCUT2D eigenvalue weighted by atomic mass is 16.2. The van der Waals surface area contributed by atoms with Gasteiger partial charge in [0.2, 0.25) is 5.91 Å². The number of carbonyl (C=O) groups is 1. The van der Waals surface area contributed by atoms with Crippen LogP contribution in [0, 0.1) is 12.8 Å². The van der Waals surface area contributed by atoms with Crippen LogP contribution < -0.4 is 0 Å². The Morgan fingerprint density at radius 2 is 2.00 bits per heavy atom. The third-order valence-corrected chi connectivity index (χ3v) is 5.84. The predicted octanol–water partition coefficient (Wildman–Crippen LogP) is 3.74. The van der Waals surface area contributed by atoms with Gasteiger partial charge in [0.1, 0.15) is 0 Å². The zero-order valence-electron chi connectivity index (χ0n) is 17.3. The molecule has 0 bridgehead atoms. The van der Waals surface area contributed by atoms with E-state index in [1.54, 1.807) is 6.20 Å². The molecule has 4 heteroatoms. The summed E-state index contributed by atoms with van der Waals surface area (Å²) in [5.74, 6) is 0.803. The van der Waals surface area contributed by atoms with Crippen molar-refractivity contribution in [2.24, 2.45) is 5.92 Å². The van der Waals surface area contributed by atoms with E-state index in [9.17, 15) is 4.79 Å². The van der Waals surface area contributed by atoms with Gasteiger partial charge in [-0.15, -0.1) is 0 Å². The van der Waals surface area contributed by atoms with Crippen LogP contribution in [0.1, 0.15) is 36.1 Å². The number of carbonyl (C=O) groups excluding carboxylic acids is 1. The standard InChI is InChI=1S/C24H33N3O/c1-20-8-3-4-10-22(20)14-17-27-16-7-9-21(19-27)18-26(2)24(28)13-12-23-11-5-6-15-25-23/h3-6,8,10-11,15,21H,7,9,12-14,16-19H2,1-2H3. The molecule has 2 aromatic rings. The first-order chi connectivity index (χ1) is 13.6. The van der Waals surface area contributed by atoms with Gasteiger partial charge >= 0.3 is 0 Å². The highest BCUT2D eigenvalue weighted by Crippen LogP contribution is 2.19. The van der Waals surface area contributed by atoms with Crippen LogP contribution in [0.25, 0.3) is 0 Å². The van der Waals surface area contributed by atoms with Crippen molar-refractivity contribution >= 4 is 5.91 Å². The molecule has 1 unspecified atom stereocenters. The van der Waals surface area contributed by atoms with Gasteiger partial charge in [0, 0.05) is 45.0 Å². The summed E-state index contributed by atoms with van der Waals surface area (Å²) < 4.78 is 0. The van der Waals surface area contributed by atoms with E-state index in [0.29, 0.717) is 12.3 Å². The molecule has 28 heavy (non-hydrogen) atoms. The summed E-state index contributed by atoms with van der Waals surface area (Å²) in [6, 6.07) is 14.5. The summed E-state index contributed by atoms with van der Waals surface area (Å²) in [5.41, 5.74) is 3.82. The van der Waals surface area contributed by atoms with Gasteiger partial charge in [-0.05, 0) is 68.3 Å². The number of likely N-dealkylation sites (tertiary alicyclic amines) is 1. The molecule has 0 spiro atoms. The van der Waals surface area contributed by atoms with E-state index in [2.05, 4.69) is 41.1 Å². The molecule has 1 aromatic heterocycles. The van der Waals surface area contributed by atoms with Crippen LogP contribution >= 0.6 is 0 Å². The van der Waals surface area contributed by atoms with Gasteiger partial charge < -0.3 is 9.80 Å². The second-order valence-electron chi connectivity index (χ2n) is 8.08. The zero-order chi connectivity index (χ0) is 19.8. The van der Waals surface area contributed by atoms with E-state index >= 15 is 0 Å². The van der Waals surface area contributed by atoms with Gasteiger partial charge in [-0.3, -0.25) is 9.78 Å². The number of hydrogen-bond acceptors (Lipinski definition) is 3. The normalized spacial score (nSPS) is 17.4. The maximum absolute atomic E-state index is 12.5. The van der Waals surface area contributed by atoms with Gasteiger partial charge in [0.15, 0.2) is 0 Å². The Labute approximate surface area is 169 Å². The number of piperidine rings is 1. The first-order valence-corrected chi connectivity index (χ1v) is 10.5. The van der Waals surface area contributed by atoms with E-state index in [0.717, 1.165) is 38.2 Å². The fourth-order valence-electron chi connectivity index (χ4n) is 4.13. The number of hydrogen-bond donors (Lipinski definition) is 0. The lowest BCUT2D eigenvalue weighted by Crippen LogP contribution is -2.42. The summed E-state index contributed by atoms with van der Waals surface area (Å²) >= 11 is 0. The SMILES string of the molecule is Cc1ccccc1CCN1CCCC(CN(C)C(=O)CCc2ccccn2)C1. The Kier molecular flexibility index (Phi) is 7.61. The number of amides is 1. The van der Waals surface area contributed by atoms with Crippen LogP contribution in [0.3, 0.4) is 0 Å². The Bertz CT molecular complexity index is 747. The lowest BCUT2D eigenvalue weighted by Gasteiger charge is -2.35. The maximum Gasteiger partial charge on any atom is 0.222 e. The van der Waals surface area contributed by atoms with Gasteiger partial charge in [-0.2, -0.15) is 0 Å². The van der Waals surface area contributed by atoms with E-state index < -0.39 is 0 Å². The maximum atomic E-state index is 12.5. The molecule has 0 radical (unpaired) electrons. The van der Waals surface area contributed by atoms with Crippen LogP contribution in [0.15, 0.2) is 48.7 Å². The Morgan fingerprint density at radius 1 is 1.18 bits per heavy atom. The van der Waals surface area contributed by atoms with Crippen molar-refractivity contribution in [2.45, 2.75) is 39.0 Å².